The summed E-state index contributed by atoms with van der Waals surface area (Å²) in [6.07, 6.45) is 2.79. The van der Waals surface area contributed by atoms with E-state index in [1.165, 1.54) is 18.3 Å². The fraction of sp³-hybridized carbons (Fsp3) is 0.0526. The molecule has 0 spiro atoms. The van der Waals surface area contributed by atoms with Crippen molar-refractivity contribution in [2.24, 2.45) is 5.10 Å². The Morgan fingerprint density at radius 3 is 2.66 bits per heavy atom. The predicted octanol–water partition coefficient (Wildman–Crippen LogP) is 5.93. The summed E-state index contributed by atoms with van der Waals surface area (Å²) >= 11 is 14.1. The zero-order valence-corrected chi connectivity index (χ0v) is 18.4. The molecule has 148 valence electrons. The second-order valence-corrected chi connectivity index (χ2v) is 7.73. The molecule has 0 bridgehead atoms. The SMILES string of the molecule is O=[N+]([O-])c1ccc(N/N=C/c2ccc(OCc3ccc(Cl)c(Cl)c3)c(I)c2)nc1. The molecule has 7 nitrogen and oxygen atoms in total. The topological polar surface area (TPSA) is 89.7 Å². The van der Waals surface area contributed by atoms with Crippen molar-refractivity contribution in [3.63, 3.8) is 0 Å². The van der Waals surface area contributed by atoms with Crippen LogP contribution in [0.4, 0.5) is 11.5 Å². The molecule has 0 saturated carbocycles. The van der Waals surface area contributed by atoms with Crippen molar-refractivity contribution in [2.75, 3.05) is 5.43 Å². The van der Waals surface area contributed by atoms with Crippen molar-refractivity contribution in [1.29, 1.82) is 0 Å². The molecule has 0 aliphatic heterocycles. The minimum absolute atomic E-state index is 0.0782. The van der Waals surface area contributed by atoms with Crippen LogP contribution >= 0.6 is 45.8 Å². The van der Waals surface area contributed by atoms with Gasteiger partial charge in [0, 0.05) is 6.07 Å². The highest BCUT2D eigenvalue weighted by Gasteiger charge is 2.06. The molecular formula is C19H13Cl2IN4O3. The van der Waals surface area contributed by atoms with Crippen LogP contribution in [0.5, 0.6) is 5.75 Å². The van der Waals surface area contributed by atoms with E-state index in [0.717, 1.165) is 20.4 Å². The normalized spacial score (nSPS) is 10.9. The van der Waals surface area contributed by atoms with Gasteiger partial charge in [0.15, 0.2) is 0 Å². The van der Waals surface area contributed by atoms with E-state index in [-0.39, 0.29) is 5.69 Å². The second kappa shape index (κ2) is 9.86. The summed E-state index contributed by atoms with van der Waals surface area (Å²) in [4.78, 5) is 14.0. The van der Waals surface area contributed by atoms with Crippen LogP contribution in [0, 0.1) is 13.7 Å². The van der Waals surface area contributed by atoms with Gasteiger partial charge in [-0.05, 0) is 70.1 Å². The van der Waals surface area contributed by atoms with E-state index in [1.807, 2.05) is 24.3 Å². The van der Waals surface area contributed by atoms with Gasteiger partial charge in [-0.2, -0.15) is 5.10 Å². The zero-order chi connectivity index (χ0) is 20.8. The number of benzene rings is 2. The molecule has 0 aliphatic rings. The fourth-order valence-electron chi connectivity index (χ4n) is 2.24. The number of hydrogen-bond acceptors (Lipinski definition) is 6. The first kappa shape index (κ1) is 21.3. The number of hydrogen-bond donors (Lipinski definition) is 1. The molecule has 0 radical (unpaired) electrons. The predicted molar refractivity (Wildman–Crippen MR) is 122 cm³/mol. The first-order valence-corrected chi connectivity index (χ1v) is 10.0. The summed E-state index contributed by atoms with van der Waals surface area (Å²) in [5.74, 6) is 1.14. The number of ether oxygens (including phenoxy) is 1. The maximum absolute atomic E-state index is 10.6. The fourth-order valence-corrected chi connectivity index (χ4v) is 3.25. The molecule has 2 aromatic carbocycles. The third kappa shape index (κ3) is 6.02. The number of rotatable bonds is 7. The first-order chi connectivity index (χ1) is 13.9. The van der Waals surface area contributed by atoms with E-state index in [0.29, 0.717) is 22.5 Å². The molecule has 1 aromatic heterocycles. The Labute approximate surface area is 190 Å². The lowest BCUT2D eigenvalue weighted by Gasteiger charge is -2.09. The molecule has 0 unspecified atom stereocenters. The molecule has 3 rings (SSSR count). The Bertz CT molecular complexity index is 1060. The van der Waals surface area contributed by atoms with Crippen LogP contribution in [0.1, 0.15) is 11.1 Å². The van der Waals surface area contributed by atoms with Crippen molar-refractivity contribution in [2.45, 2.75) is 6.61 Å². The third-order valence-electron chi connectivity index (χ3n) is 3.69. The highest BCUT2D eigenvalue weighted by molar-refractivity contribution is 14.1. The largest absolute Gasteiger partial charge is 0.488 e. The lowest BCUT2D eigenvalue weighted by atomic mass is 10.2. The highest BCUT2D eigenvalue weighted by atomic mass is 127. The Hall–Kier alpha value is -2.43. The molecule has 0 amide bonds. The van der Waals surface area contributed by atoms with Gasteiger partial charge in [0.1, 0.15) is 24.4 Å². The van der Waals surface area contributed by atoms with E-state index < -0.39 is 4.92 Å². The standard InChI is InChI=1S/C19H13Cl2IN4O3/c20-15-4-1-13(7-16(15)21)11-29-18-5-2-12(8-17(18)22)9-24-25-19-6-3-14(10-23-19)26(27)28/h1-10H,11H2,(H,23,25)/b24-9+. The smallest absolute Gasteiger partial charge is 0.287 e. The van der Waals surface area contributed by atoms with Gasteiger partial charge < -0.3 is 4.74 Å². The molecule has 0 atom stereocenters. The maximum Gasteiger partial charge on any atom is 0.287 e. The number of nitro groups is 1. The van der Waals surface area contributed by atoms with Gasteiger partial charge in [0.05, 0.1) is 24.8 Å². The van der Waals surface area contributed by atoms with Crippen molar-refractivity contribution in [3.8, 4) is 5.75 Å². The molecule has 0 aliphatic carbocycles. The number of nitrogens with one attached hydrogen (secondary N) is 1. The number of halogens is 3. The van der Waals surface area contributed by atoms with E-state index in [2.05, 4.69) is 38.1 Å². The van der Waals surface area contributed by atoms with Crippen LogP contribution in [0.15, 0.2) is 59.8 Å². The monoisotopic (exact) mass is 542 g/mol. The Morgan fingerprint density at radius 2 is 2.00 bits per heavy atom. The van der Waals surface area contributed by atoms with Crippen molar-refractivity contribution in [3.05, 3.63) is 89.6 Å². The second-order valence-electron chi connectivity index (χ2n) is 5.76. The van der Waals surface area contributed by atoms with Crippen LogP contribution in [-0.4, -0.2) is 16.1 Å². The summed E-state index contributed by atoms with van der Waals surface area (Å²) in [7, 11) is 0. The van der Waals surface area contributed by atoms with E-state index in [1.54, 1.807) is 18.3 Å². The third-order valence-corrected chi connectivity index (χ3v) is 5.27. The molecule has 29 heavy (non-hydrogen) atoms. The highest BCUT2D eigenvalue weighted by Crippen LogP contribution is 2.25. The average Bonchev–Trinajstić information content (AvgIpc) is 2.70. The lowest BCUT2D eigenvalue weighted by Crippen LogP contribution is -1.98. The van der Waals surface area contributed by atoms with Crippen LogP contribution in [0.25, 0.3) is 0 Å². The van der Waals surface area contributed by atoms with Crippen LogP contribution in [0.2, 0.25) is 10.0 Å². The van der Waals surface area contributed by atoms with Crippen molar-refractivity contribution < 1.29 is 9.66 Å². The van der Waals surface area contributed by atoms with Crippen LogP contribution in [-0.2, 0) is 6.61 Å². The summed E-state index contributed by atoms with van der Waals surface area (Å²) in [5.41, 5.74) is 4.42. The molecular weight excluding hydrogens is 530 g/mol. The molecule has 0 fully saturated rings. The average molecular weight is 543 g/mol. The Morgan fingerprint density at radius 1 is 1.17 bits per heavy atom. The first-order valence-electron chi connectivity index (χ1n) is 8.18. The summed E-state index contributed by atoms with van der Waals surface area (Å²) in [6, 6.07) is 13.8. The van der Waals surface area contributed by atoms with Crippen molar-refractivity contribution >= 4 is 63.5 Å². The number of pyridine rings is 1. The molecule has 0 saturated heterocycles. The van der Waals surface area contributed by atoms with Gasteiger partial charge >= 0.3 is 0 Å². The summed E-state index contributed by atoms with van der Waals surface area (Å²) in [5, 5.41) is 15.7. The minimum Gasteiger partial charge on any atom is -0.488 e. The van der Waals surface area contributed by atoms with Gasteiger partial charge in [0.25, 0.3) is 5.69 Å². The molecule has 10 heteroatoms. The van der Waals surface area contributed by atoms with Gasteiger partial charge in [-0.25, -0.2) is 4.98 Å². The summed E-state index contributed by atoms with van der Waals surface area (Å²) < 4.78 is 6.76. The van der Waals surface area contributed by atoms with Gasteiger partial charge in [-0.3, -0.25) is 15.5 Å². The number of hydrazone groups is 1. The number of nitrogens with zero attached hydrogens (tertiary/aromatic N) is 3. The molecule has 1 N–H and O–H groups in total. The number of aromatic nitrogens is 1. The van der Waals surface area contributed by atoms with E-state index >= 15 is 0 Å². The van der Waals surface area contributed by atoms with E-state index in [9.17, 15) is 10.1 Å². The molecule has 3 aromatic rings. The van der Waals surface area contributed by atoms with Gasteiger partial charge in [-0.1, -0.05) is 29.3 Å². The van der Waals surface area contributed by atoms with Gasteiger partial charge in [0.2, 0.25) is 0 Å². The Balaban J connectivity index is 1.59. The minimum atomic E-state index is -0.507. The van der Waals surface area contributed by atoms with Gasteiger partial charge in [-0.15, -0.1) is 0 Å². The number of anilines is 1. The van der Waals surface area contributed by atoms with E-state index in [4.69, 9.17) is 27.9 Å². The molecule has 1 heterocycles. The lowest BCUT2D eigenvalue weighted by molar-refractivity contribution is -0.385. The van der Waals surface area contributed by atoms with Crippen molar-refractivity contribution in [1.82, 2.24) is 4.98 Å². The van der Waals surface area contributed by atoms with Crippen LogP contribution in [0.3, 0.4) is 0 Å². The zero-order valence-electron chi connectivity index (χ0n) is 14.7. The summed E-state index contributed by atoms with van der Waals surface area (Å²) in [6.45, 7) is 0.369. The maximum atomic E-state index is 10.6. The van der Waals surface area contributed by atoms with Crippen LogP contribution < -0.4 is 10.2 Å². The Kier molecular flexibility index (Phi) is 7.24. The quantitative estimate of drug-likeness (QED) is 0.173.